The molecule has 1 atom stereocenters. The van der Waals surface area contributed by atoms with E-state index in [-0.39, 0.29) is 0 Å². The number of nitrogens with one attached hydrogen (secondary N) is 1. The van der Waals surface area contributed by atoms with E-state index in [1.165, 1.54) is 6.54 Å². The first-order chi connectivity index (χ1) is 8.17. The lowest BCUT2D eigenvalue weighted by atomic mass is 9.50. The molecule has 4 saturated carbocycles. The predicted octanol–water partition coefficient (Wildman–Crippen LogP) is 2.21. The first-order valence-corrected chi connectivity index (χ1v) is 7.49. The van der Waals surface area contributed by atoms with E-state index in [4.69, 9.17) is 0 Å². The van der Waals surface area contributed by atoms with E-state index in [1.54, 1.807) is 32.1 Å². The Kier molecular flexibility index (Phi) is 3.20. The number of hydrogen-bond donors (Lipinski definition) is 1. The van der Waals surface area contributed by atoms with E-state index < -0.39 is 0 Å². The molecule has 2 nitrogen and oxygen atoms in total. The van der Waals surface area contributed by atoms with Gasteiger partial charge in [-0.1, -0.05) is 0 Å². The number of likely N-dealkylation sites (N-methyl/N-ethyl adjacent to an activating group) is 2. The van der Waals surface area contributed by atoms with Crippen LogP contribution in [-0.2, 0) is 0 Å². The standard InChI is InChI=1S/C15H28N2/c1-16-14(9-17(2)3)15-12-5-10-4-11(7-12)8-13(15)6-10/h10-16H,4-9H2,1-3H3. The summed E-state index contributed by atoms with van der Waals surface area (Å²) in [6, 6.07) is 0.722. The van der Waals surface area contributed by atoms with Gasteiger partial charge in [-0.25, -0.2) is 0 Å². The third kappa shape index (κ3) is 2.15. The number of nitrogens with zero attached hydrogens (tertiary/aromatic N) is 1. The number of rotatable bonds is 4. The fourth-order valence-electron chi connectivity index (χ4n) is 5.42. The molecule has 1 unspecified atom stereocenters. The molecule has 0 saturated heterocycles. The molecule has 0 aliphatic heterocycles. The second-order valence-electron chi connectivity index (χ2n) is 7.17. The van der Waals surface area contributed by atoms with Gasteiger partial charge in [-0.3, -0.25) is 0 Å². The summed E-state index contributed by atoms with van der Waals surface area (Å²) in [6.45, 7) is 1.21. The van der Waals surface area contributed by atoms with Crippen molar-refractivity contribution >= 4 is 0 Å². The molecule has 17 heavy (non-hydrogen) atoms. The van der Waals surface area contributed by atoms with E-state index >= 15 is 0 Å². The molecule has 0 spiro atoms. The highest BCUT2D eigenvalue weighted by Crippen LogP contribution is 2.57. The number of hydrogen-bond acceptors (Lipinski definition) is 2. The van der Waals surface area contributed by atoms with Crippen molar-refractivity contribution in [3.05, 3.63) is 0 Å². The lowest BCUT2D eigenvalue weighted by molar-refractivity contribution is -0.0535. The SMILES string of the molecule is CNC(CN(C)C)C1C2CC3CC(C2)CC1C3. The maximum Gasteiger partial charge on any atom is 0.0225 e. The van der Waals surface area contributed by atoms with E-state index in [2.05, 4.69) is 31.4 Å². The quantitative estimate of drug-likeness (QED) is 0.805. The highest BCUT2D eigenvalue weighted by Gasteiger charge is 2.50. The zero-order valence-electron chi connectivity index (χ0n) is 11.7. The van der Waals surface area contributed by atoms with Crippen LogP contribution in [0.3, 0.4) is 0 Å². The van der Waals surface area contributed by atoms with Crippen LogP contribution >= 0.6 is 0 Å². The Balaban J connectivity index is 1.74. The molecule has 1 N–H and O–H groups in total. The van der Waals surface area contributed by atoms with Crippen molar-refractivity contribution in [2.45, 2.75) is 38.1 Å². The summed E-state index contributed by atoms with van der Waals surface area (Å²) < 4.78 is 0. The summed E-state index contributed by atoms with van der Waals surface area (Å²) in [5.74, 6) is 5.26. The first-order valence-electron chi connectivity index (χ1n) is 7.49. The van der Waals surface area contributed by atoms with E-state index in [0.29, 0.717) is 0 Å². The molecule has 0 aromatic carbocycles. The van der Waals surface area contributed by atoms with Gasteiger partial charge in [0.2, 0.25) is 0 Å². The molecule has 4 bridgehead atoms. The monoisotopic (exact) mass is 236 g/mol. The van der Waals surface area contributed by atoms with Crippen molar-refractivity contribution in [2.24, 2.45) is 29.6 Å². The lowest BCUT2D eigenvalue weighted by Gasteiger charge is -2.56. The summed E-state index contributed by atoms with van der Waals surface area (Å²) in [4.78, 5) is 2.35. The van der Waals surface area contributed by atoms with E-state index in [1.807, 2.05) is 0 Å². The van der Waals surface area contributed by atoms with Crippen LogP contribution in [-0.4, -0.2) is 38.6 Å². The maximum absolute atomic E-state index is 3.62. The average molecular weight is 236 g/mol. The van der Waals surface area contributed by atoms with Crippen LogP contribution in [0.5, 0.6) is 0 Å². The van der Waals surface area contributed by atoms with Gasteiger partial charge in [-0.15, -0.1) is 0 Å². The molecule has 0 radical (unpaired) electrons. The molecule has 4 aliphatic carbocycles. The molecule has 98 valence electrons. The van der Waals surface area contributed by atoms with Crippen molar-refractivity contribution < 1.29 is 0 Å². The Hall–Kier alpha value is -0.0800. The van der Waals surface area contributed by atoms with Crippen LogP contribution in [0, 0.1) is 29.6 Å². The largest absolute Gasteiger partial charge is 0.315 e. The maximum atomic E-state index is 3.62. The van der Waals surface area contributed by atoms with Gasteiger partial charge in [0.25, 0.3) is 0 Å². The molecule has 0 aromatic rings. The Labute approximate surface area is 106 Å². The molecule has 0 amide bonds. The zero-order chi connectivity index (χ0) is 12.0. The topological polar surface area (TPSA) is 15.3 Å². The van der Waals surface area contributed by atoms with Crippen molar-refractivity contribution in [3.63, 3.8) is 0 Å². The molecule has 2 heteroatoms. The summed E-state index contributed by atoms with van der Waals surface area (Å²) in [6.07, 6.45) is 7.75. The second kappa shape index (κ2) is 4.55. The second-order valence-corrected chi connectivity index (χ2v) is 7.17. The summed E-state index contributed by atoms with van der Waals surface area (Å²) >= 11 is 0. The van der Waals surface area contributed by atoms with Gasteiger partial charge in [0.1, 0.15) is 0 Å². The summed E-state index contributed by atoms with van der Waals surface area (Å²) in [7, 11) is 6.58. The van der Waals surface area contributed by atoms with Crippen LogP contribution in [0.1, 0.15) is 32.1 Å². The zero-order valence-corrected chi connectivity index (χ0v) is 11.7. The minimum atomic E-state index is 0.722. The van der Waals surface area contributed by atoms with Gasteiger partial charge in [0.15, 0.2) is 0 Å². The minimum Gasteiger partial charge on any atom is -0.315 e. The summed E-state index contributed by atoms with van der Waals surface area (Å²) in [5, 5.41) is 3.62. The lowest BCUT2D eigenvalue weighted by Crippen LogP contribution is -2.55. The van der Waals surface area contributed by atoms with Crippen LogP contribution < -0.4 is 5.32 Å². The van der Waals surface area contributed by atoms with Crippen molar-refractivity contribution in [3.8, 4) is 0 Å². The van der Waals surface area contributed by atoms with E-state index in [0.717, 1.165) is 35.6 Å². The van der Waals surface area contributed by atoms with Gasteiger partial charge in [0.05, 0.1) is 0 Å². The van der Waals surface area contributed by atoms with Gasteiger partial charge in [0, 0.05) is 12.6 Å². The highest BCUT2D eigenvalue weighted by atomic mass is 15.1. The molecular weight excluding hydrogens is 208 g/mol. The molecule has 4 rings (SSSR count). The minimum absolute atomic E-state index is 0.722. The molecular formula is C15H28N2. The molecule has 4 fully saturated rings. The Morgan fingerprint density at radius 1 is 1.00 bits per heavy atom. The Morgan fingerprint density at radius 3 is 1.94 bits per heavy atom. The van der Waals surface area contributed by atoms with Crippen molar-refractivity contribution in [1.29, 1.82) is 0 Å². The van der Waals surface area contributed by atoms with E-state index in [9.17, 15) is 0 Å². The third-order valence-electron chi connectivity index (χ3n) is 5.70. The van der Waals surface area contributed by atoms with Crippen LogP contribution in [0.4, 0.5) is 0 Å². The van der Waals surface area contributed by atoms with Gasteiger partial charge in [-0.05, 0) is 82.8 Å². The molecule has 4 aliphatic rings. The van der Waals surface area contributed by atoms with Crippen LogP contribution in [0.2, 0.25) is 0 Å². The van der Waals surface area contributed by atoms with Crippen molar-refractivity contribution in [2.75, 3.05) is 27.7 Å². The average Bonchev–Trinajstić information content (AvgIpc) is 2.25. The van der Waals surface area contributed by atoms with Gasteiger partial charge >= 0.3 is 0 Å². The third-order valence-corrected chi connectivity index (χ3v) is 5.70. The normalized spacial score (nSPS) is 45.5. The van der Waals surface area contributed by atoms with Crippen molar-refractivity contribution in [1.82, 2.24) is 10.2 Å². The predicted molar refractivity (Wildman–Crippen MR) is 71.9 cm³/mol. The van der Waals surface area contributed by atoms with Crippen LogP contribution in [0.25, 0.3) is 0 Å². The van der Waals surface area contributed by atoms with Gasteiger partial charge < -0.3 is 10.2 Å². The summed E-state index contributed by atoms with van der Waals surface area (Å²) in [5.41, 5.74) is 0. The molecule has 0 heterocycles. The first kappa shape index (κ1) is 12.0. The fraction of sp³-hybridized carbons (Fsp3) is 1.00. The van der Waals surface area contributed by atoms with Gasteiger partial charge in [-0.2, -0.15) is 0 Å². The highest BCUT2D eigenvalue weighted by molar-refractivity contribution is 5.01. The molecule has 0 aromatic heterocycles. The smallest absolute Gasteiger partial charge is 0.0225 e. The Bertz CT molecular complexity index is 246. The fourth-order valence-corrected chi connectivity index (χ4v) is 5.42. The van der Waals surface area contributed by atoms with Crippen LogP contribution in [0.15, 0.2) is 0 Å². The Morgan fingerprint density at radius 2 is 1.53 bits per heavy atom.